The van der Waals surface area contributed by atoms with Gasteiger partial charge in [0.1, 0.15) is 5.82 Å². The third-order valence-electron chi connectivity index (χ3n) is 3.80. The fourth-order valence-electron chi connectivity index (χ4n) is 2.65. The first kappa shape index (κ1) is 15.1. The Hall–Kier alpha value is -1.85. The van der Waals surface area contributed by atoms with Gasteiger partial charge in [-0.3, -0.25) is 0 Å². The smallest absolute Gasteiger partial charge is 0.229 e. The average molecular weight is 318 g/mol. The Labute approximate surface area is 135 Å². The predicted octanol–water partition coefficient (Wildman–Crippen LogP) is 3.24. The molecule has 3 rings (SSSR count). The fraction of sp³-hybridized carbons (Fsp3) is 0.375. The lowest BCUT2D eigenvalue weighted by atomic mass is 10.1. The van der Waals surface area contributed by atoms with Gasteiger partial charge in [0.25, 0.3) is 0 Å². The molecule has 1 fully saturated rings. The summed E-state index contributed by atoms with van der Waals surface area (Å²) < 4.78 is 0. The summed E-state index contributed by atoms with van der Waals surface area (Å²) in [7, 11) is 2.16. The van der Waals surface area contributed by atoms with Gasteiger partial charge in [-0.05, 0) is 50.2 Å². The van der Waals surface area contributed by atoms with Crippen LogP contribution in [0.4, 0.5) is 17.5 Å². The molecule has 6 heteroatoms. The summed E-state index contributed by atoms with van der Waals surface area (Å²) in [6.07, 6.45) is 2.99. The Morgan fingerprint density at radius 2 is 2.27 bits per heavy atom. The minimum absolute atomic E-state index is 0.566. The average Bonchev–Trinajstić information content (AvgIpc) is 2.91. The van der Waals surface area contributed by atoms with Crippen LogP contribution in [-0.4, -0.2) is 41.5 Å². The molecule has 1 aliphatic heterocycles. The van der Waals surface area contributed by atoms with Crippen molar-refractivity contribution >= 4 is 29.1 Å². The summed E-state index contributed by atoms with van der Waals surface area (Å²) in [4.78, 5) is 11.1. The van der Waals surface area contributed by atoms with E-state index in [-0.39, 0.29) is 0 Å². The first-order chi connectivity index (χ1) is 10.7. The van der Waals surface area contributed by atoms with Gasteiger partial charge in [-0.2, -0.15) is 4.98 Å². The Bertz CT molecular complexity index is 633. The van der Waals surface area contributed by atoms with Crippen molar-refractivity contribution in [3.8, 4) is 0 Å². The summed E-state index contributed by atoms with van der Waals surface area (Å²) in [6, 6.07) is 9.40. The summed E-state index contributed by atoms with van der Waals surface area (Å²) in [5.41, 5.74) is 0.877. The lowest BCUT2D eigenvalue weighted by Gasteiger charge is -2.13. The van der Waals surface area contributed by atoms with E-state index in [2.05, 4.69) is 32.5 Å². The molecular formula is C16H20ClN5. The standard InChI is InChI=1S/C16H20ClN5/c1-22-8-6-12(11-22)10-19-15-5-7-18-16(21-15)20-14-4-2-3-13(17)9-14/h2-5,7,9,12H,6,8,10-11H2,1H3,(H2,18,19,20,21). The number of halogens is 1. The second-order valence-electron chi connectivity index (χ2n) is 5.70. The molecule has 0 radical (unpaired) electrons. The van der Waals surface area contributed by atoms with Crippen molar-refractivity contribution < 1.29 is 0 Å². The van der Waals surface area contributed by atoms with Crippen molar-refractivity contribution in [1.82, 2.24) is 14.9 Å². The molecule has 0 saturated carbocycles. The Morgan fingerprint density at radius 3 is 3.05 bits per heavy atom. The highest BCUT2D eigenvalue weighted by molar-refractivity contribution is 6.30. The number of nitrogens with zero attached hydrogens (tertiary/aromatic N) is 3. The zero-order chi connectivity index (χ0) is 15.4. The largest absolute Gasteiger partial charge is 0.370 e. The molecule has 2 heterocycles. The van der Waals surface area contributed by atoms with E-state index in [1.54, 1.807) is 6.20 Å². The van der Waals surface area contributed by atoms with Crippen LogP contribution in [-0.2, 0) is 0 Å². The number of hydrogen-bond acceptors (Lipinski definition) is 5. The molecule has 1 aromatic heterocycles. The van der Waals surface area contributed by atoms with Gasteiger partial charge in [-0.25, -0.2) is 4.98 Å². The predicted molar refractivity (Wildman–Crippen MR) is 90.9 cm³/mol. The Morgan fingerprint density at radius 1 is 1.36 bits per heavy atom. The first-order valence-corrected chi connectivity index (χ1v) is 7.85. The number of aromatic nitrogens is 2. The molecule has 1 unspecified atom stereocenters. The monoisotopic (exact) mass is 317 g/mol. The number of likely N-dealkylation sites (tertiary alicyclic amines) is 1. The van der Waals surface area contributed by atoms with Gasteiger partial charge in [-0.15, -0.1) is 0 Å². The molecule has 0 amide bonds. The molecule has 1 saturated heterocycles. The second kappa shape index (κ2) is 6.94. The normalized spacial score (nSPS) is 18.4. The van der Waals surface area contributed by atoms with Crippen molar-refractivity contribution in [3.05, 3.63) is 41.6 Å². The van der Waals surface area contributed by atoms with Gasteiger partial charge in [0.15, 0.2) is 0 Å². The van der Waals surface area contributed by atoms with Crippen LogP contribution in [0, 0.1) is 5.92 Å². The van der Waals surface area contributed by atoms with E-state index in [1.807, 2.05) is 30.3 Å². The third-order valence-corrected chi connectivity index (χ3v) is 4.03. The van der Waals surface area contributed by atoms with Crippen molar-refractivity contribution in [2.24, 2.45) is 5.92 Å². The van der Waals surface area contributed by atoms with Gasteiger partial charge >= 0.3 is 0 Å². The lowest BCUT2D eigenvalue weighted by molar-refractivity contribution is 0.399. The molecule has 2 N–H and O–H groups in total. The summed E-state index contributed by atoms with van der Waals surface area (Å²) >= 11 is 5.98. The highest BCUT2D eigenvalue weighted by atomic mass is 35.5. The topological polar surface area (TPSA) is 53.1 Å². The molecule has 2 aromatic rings. The first-order valence-electron chi connectivity index (χ1n) is 7.47. The Kier molecular flexibility index (Phi) is 4.75. The highest BCUT2D eigenvalue weighted by Gasteiger charge is 2.18. The Balaban J connectivity index is 1.60. The molecule has 0 bridgehead atoms. The maximum Gasteiger partial charge on any atom is 0.229 e. The zero-order valence-electron chi connectivity index (χ0n) is 12.6. The van der Waals surface area contributed by atoms with Crippen molar-refractivity contribution in [2.45, 2.75) is 6.42 Å². The quantitative estimate of drug-likeness (QED) is 0.886. The molecule has 22 heavy (non-hydrogen) atoms. The lowest BCUT2D eigenvalue weighted by Crippen LogP contribution is -2.19. The third kappa shape index (κ3) is 4.08. The van der Waals surface area contributed by atoms with Gasteiger partial charge in [-0.1, -0.05) is 17.7 Å². The van der Waals surface area contributed by atoms with Crippen LogP contribution >= 0.6 is 11.6 Å². The van der Waals surface area contributed by atoms with Crippen LogP contribution in [0.1, 0.15) is 6.42 Å². The molecule has 1 aromatic carbocycles. The minimum atomic E-state index is 0.566. The number of hydrogen-bond donors (Lipinski definition) is 2. The molecule has 1 aliphatic rings. The van der Waals surface area contributed by atoms with E-state index in [0.29, 0.717) is 16.9 Å². The van der Waals surface area contributed by atoms with Gasteiger partial charge < -0.3 is 15.5 Å². The zero-order valence-corrected chi connectivity index (χ0v) is 13.3. The number of rotatable bonds is 5. The van der Waals surface area contributed by atoms with Crippen molar-refractivity contribution in [1.29, 1.82) is 0 Å². The number of benzene rings is 1. The minimum Gasteiger partial charge on any atom is -0.370 e. The maximum atomic E-state index is 5.98. The van der Waals surface area contributed by atoms with Crippen LogP contribution in [0.25, 0.3) is 0 Å². The van der Waals surface area contributed by atoms with Gasteiger partial charge in [0.2, 0.25) is 5.95 Å². The number of nitrogens with one attached hydrogen (secondary N) is 2. The number of anilines is 3. The summed E-state index contributed by atoms with van der Waals surface area (Å²) in [5, 5.41) is 7.25. The fourth-order valence-corrected chi connectivity index (χ4v) is 2.84. The van der Waals surface area contributed by atoms with Crippen LogP contribution in [0.3, 0.4) is 0 Å². The summed E-state index contributed by atoms with van der Waals surface area (Å²) in [5.74, 6) is 2.09. The van der Waals surface area contributed by atoms with E-state index in [4.69, 9.17) is 11.6 Å². The summed E-state index contributed by atoms with van der Waals surface area (Å²) in [6.45, 7) is 3.27. The van der Waals surface area contributed by atoms with Crippen molar-refractivity contribution in [3.63, 3.8) is 0 Å². The van der Waals surface area contributed by atoms with Crippen LogP contribution in [0.15, 0.2) is 36.5 Å². The SMILES string of the molecule is CN1CCC(CNc2ccnc(Nc3cccc(Cl)c3)n2)C1. The van der Waals surface area contributed by atoms with Crippen molar-refractivity contribution in [2.75, 3.05) is 37.3 Å². The van der Waals surface area contributed by atoms with E-state index in [1.165, 1.54) is 13.0 Å². The highest BCUT2D eigenvalue weighted by Crippen LogP contribution is 2.19. The molecule has 0 spiro atoms. The second-order valence-corrected chi connectivity index (χ2v) is 6.14. The molecule has 1 atom stereocenters. The molecule has 5 nitrogen and oxygen atoms in total. The van der Waals surface area contributed by atoms with E-state index >= 15 is 0 Å². The van der Waals surface area contributed by atoms with Gasteiger partial charge in [0, 0.05) is 30.0 Å². The van der Waals surface area contributed by atoms with E-state index in [9.17, 15) is 0 Å². The molecule has 0 aliphatic carbocycles. The molecular weight excluding hydrogens is 298 g/mol. The van der Waals surface area contributed by atoms with E-state index in [0.717, 1.165) is 24.6 Å². The van der Waals surface area contributed by atoms with Gasteiger partial charge in [0.05, 0.1) is 0 Å². The van der Waals surface area contributed by atoms with Crippen LogP contribution in [0.2, 0.25) is 5.02 Å². The maximum absolute atomic E-state index is 5.98. The van der Waals surface area contributed by atoms with Crippen LogP contribution < -0.4 is 10.6 Å². The molecule has 116 valence electrons. The van der Waals surface area contributed by atoms with Crippen LogP contribution in [0.5, 0.6) is 0 Å². The van der Waals surface area contributed by atoms with E-state index < -0.39 is 0 Å².